The molecule has 0 unspecified atom stereocenters. The molecule has 2 fully saturated rings. The summed E-state index contributed by atoms with van der Waals surface area (Å²) in [5.74, 6) is 1.77. The Hall–Kier alpha value is -1.04. The Morgan fingerprint density at radius 3 is 2.67 bits per heavy atom. The summed E-state index contributed by atoms with van der Waals surface area (Å²) in [6.07, 6.45) is 7.19. The Bertz CT molecular complexity index is 428. The van der Waals surface area contributed by atoms with Crippen LogP contribution in [0.15, 0.2) is 11.5 Å². The highest BCUT2D eigenvalue weighted by atomic mass is 32.2. The average Bonchev–Trinajstić information content (AvgIpc) is 3.23. The summed E-state index contributed by atoms with van der Waals surface area (Å²) < 4.78 is 2.04. The first kappa shape index (κ1) is 12.0. The van der Waals surface area contributed by atoms with Crippen LogP contribution >= 0.6 is 11.8 Å². The molecule has 2 aliphatic rings. The number of carbonyl (C=O) groups is 1. The number of aliphatic carboxylic acids is 1. The van der Waals surface area contributed by atoms with Gasteiger partial charge in [-0.15, -0.1) is 10.2 Å². The molecule has 0 atom stereocenters. The van der Waals surface area contributed by atoms with Gasteiger partial charge in [-0.05, 0) is 43.4 Å². The maximum atomic E-state index is 10.6. The van der Waals surface area contributed by atoms with Crippen LogP contribution in [0.25, 0.3) is 0 Å². The summed E-state index contributed by atoms with van der Waals surface area (Å²) in [6, 6.07) is 0. The van der Waals surface area contributed by atoms with Gasteiger partial charge in [-0.1, -0.05) is 11.8 Å². The van der Waals surface area contributed by atoms with Crippen LogP contribution in [0.5, 0.6) is 0 Å². The van der Waals surface area contributed by atoms with E-state index < -0.39 is 5.97 Å². The summed E-state index contributed by atoms with van der Waals surface area (Å²) >= 11 is 1.26. The Morgan fingerprint density at radius 2 is 2.11 bits per heavy atom. The van der Waals surface area contributed by atoms with E-state index in [4.69, 9.17) is 5.11 Å². The van der Waals surface area contributed by atoms with E-state index in [1.165, 1.54) is 37.4 Å². The van der Waals surface area contributed by atoms with E-state index in [1.54, 1.807) is 6.33 Å². The zero-order valence-electron chi connectivity index (χ0n) is 10.2. The van der Waals surface area contributed by atoms with Crippen molar-refractivity contribution in [1.29, 1.82) is 0 Å². The highest BCUT2D eigenvalue weighted by molar-refractivity contribution is 7.99. The van der Waals surface area contributed by atoms with E-state index >= 15 is 0 Å². The molecule has 2 aliphatic carbocycles. The fourth-order valence-corrected chi connectivity index (χ4v) is 3.21. The van der Waals surface area contributed by atoms with Gasteiger partial charge in [0, 0.05) is 6.54 Å². The molecule has 98 valence electrons. The monoisotopic (exact) mass is 267 g/mol. The molecule has 1 N–H and O–H groups in total. The van der Waals surface area contributed by atoms with Crippen LogP contribution < -0.4 is 0 Å². The Kier molecular flexibility index (Phi) is 3.28. The molecule has 3 rings (SSSR count). The number of rotatable bonds is 7. The summed E-state index contributed by atoms with van der Waals surface area (Å²) in [4.78, 5) is 10.6. The standard InChI is InChI=1S/C12H17N3O2S/c16-11(17)6-18-12-14-13-7-15(12)5-10(8-1-2-8)9-3-4-9/h7-10H,1-6H2,(H,16,17). The molecule has 0 radical (unpaired) electrons. The predicted molar refractivity (Wildman–Crippen MR) is 67.3 cm³/mol. The van der Waals surface area contributed by atoms with E-state index in [0.29, 0.717) is 0 Å². The lowest BCUT2D eigenvalue weighted by Gasteiger charge is -2.16. The molecule has 0 amide bonds. The summed E-state index contributed by atoms with van der Waals surface area (Å²) in [5, 5.41) is 17.4. The summed E-state index contributed by atoms with van der Waals surface area (Å²) in [7, 11) is 0. The first-order valence-electron chi connectivity index (χ1n) is 6.46. The lowest BCUT2D eigenvalue weighted by molar-refractivity contribution is -0.133. The van der Waals surface area contributed by atoms with Crippen molar-refractivity contribution in [3.63, 3.8) is 0 Å². The first-order chi connectivity index (χ1) is 8.74. The number of carboxylic acid groups (broad SMARTS) is 1. The zero-order valence-corrected chi connectivity index (χ0v) is 11.0. The van der Waals surface area contributed by atoms with Gasteiger partial charge in [-0.2, -0.15) is 0 Å². The second-order valence-corrected chi connectivity index (χ2v) is 6.23. The van der Waals surface area contributed by atoms with Gasteiger partial charge in [0.15, 0.2) is 5.16 Å². The van der Waals surface area contributed by atoms with Crippen molar-refractivity contribution < 1.29 is 9.90 Å². The van der Waals surface area contributed by atoms with Crippen LogP contribution in [0.4, 0.5) is 0 Å². The van der Waals surface area contributed by atoms with Gasteiger partial charge >= 0.3 is 5.97 Å². The third-order valence-electron chi connectivity index (χ3n) is 3.77. The van der Waals surface area contributed by atoms with E-state index in [2.05, 4.69) is 10.2 Å². The van der Waals surface area contributed by atoms with Gasteiger partial charge < -0.3 is 9.67 Å². The Balaban J connectivity index is 1.64. The third kappa shape index (κ3) is 2.85. The summed E-state index contributed by atoms with van der Waals surface area (Å²) in [5.41, 5.74) is 0. The lowest BCUT2D eigenvalue weighted by atomic mass is 9.98. The van der Waals surface area contributed by atoms with Crippen molar-refractivity contribution in [2.75, 3.05) is 5.75 Å². The highest BCUT2D eigenvalue weighted by Gasteiger charge is 2.41. The van der Waals surface area contributed by atoms with Gasteiger partial charge in [0.05, 0.1) is 5.75 Å². The molecule has 6 heteroatoms. The fraction of sp³-hybridized carbons (Fsp3) is 0.750. The van der Waals surface area contributed by atoms with E-state index in [1.807, 2.05) is 4.57 Å². The maximum Gasteiger partial charge on any atom is 0.313 e. The van der Waals surface area contributed by atoms with Crippen molar-refractivity contribution in [2.45, 2.75) is 37.4 Å². The minimum absolute atomic E-state index is 0.0518. The maximum absolute atomic E-state index is 10.6. The van der Waals surface area contributed by atoms with E-state index in [0.717, 1.165) is 29.5 Å². The predicted octanol–water partition coefficient (Wildman–Crippen LogP) is 1.89. The molecule has 0 aliphatic heterocycles. The smallest absolute Gasteiger partial charge is 0.313 e. The Labute approximate surface area is 110 Å². The number of thioether (sulfide) groups is 1. The van der Waals surface area contributed by atoms with Gasteiger partial charge in [-0.25, -0.2) is 0 Å². The largest absolute Gasteiger partial charge is 0.481 e. The highest BCUT2D eigenvalue weighted by Crippen LogP contribution is 2.50. The van der Waals surface area contributed by atoms with Gasteiger partial charge in [-0.3, -0.25) is 4.79 Å². The van der Waals surface area contributed by atoms with Crippen LogP contribution in [0, 0.1) is 17.8 Å². The fourth-order valence-electron chi connectivity index (χ4n) is 2.57. The first-order valence-corrected chi connectivity index (χ1v) is 7.45. The normalized spacial score (nSPS) is 19.4. The number of nitrogens with zero attached hydrogens (tertiary/aromatic N) is 3. The van der Waals surface area contributed by atoms with Gasteiger partial charge in [0.1, 0.15) is 6.33 Å². The molecule has 18 heavy (non-hydrogen) atoms. The molecule has 1 heterocycles. The van der Waals surface area contributed by atoms with Crippen molar-refractivity contribution >= 4 is 17.7 Å². The molecule has 0 bridgehead atoms. The molecule has 5 nitrogen and oxygen atoms in total. The van der Waals surface area contributed by atoms with Crippen molar-refractivity contribution in [2.24, 2.45) is 17.8 Å². The number of carboxylic acids is 1. The zero-order chi connectivity index (χ0) is 12.5. The van der Waals surface area contributed by atoms with Gasteiger partial charge in [0.25, 0.3) is 0 Å². The molecule has 1 aromatic rings. The van der Waals surface area contributed by atoms with Crippen LogP contribution in [0.1, 0.15) is 25.7 Å². The molecule has 1 aromatic heterocycles. The third-order valence-corrected chi connectivity index (χ3v) is 4.73. The van der Waals surface area contributed by atoms with Crippen molar-refractivity contribution in [3.05, 3.63) is 6.33 Å². The van der Waals surface area contributed by atoms with Crippen LogP contribution in [-0.4, -0.2) is 31.6 Å². The molecule has 2 saturated carbocycles. The molecule has 0 saturated heterocycles. The molecular formula is C12H17N3O2S. The van der Waals surface area contributed by atoms with Crippen LogP contribution in [-0.2, 0) is 11.3 Å². The topological polar surface area (TPSA) is 68.0 Å². The minimum Gasteiger partial charge on any atom is -0.481 e. The molecular weight excluding hydrogens is 250 g/mol. The van der Waals surface area contributed by atoms with Crippen molar-refractivity contribution in [1.82, 2.24) is 14.8 Å². The molecule has 0 aromatic carbocycles. The lowest BCUT2D eigenvalue weighted by Crippen LogP contribution is -2.15. The molecule has 0 spiro atoms. The number of hydrogen-bond acceptors (Lipinski definition) is 4. The van der Waals surface area contributed by atoms with Crippen LogP contribution in [0.2, 0.25) is 0 Å². The van der Waals surface area contributed by atoms with Gasteiger partial charge in [0.2, 0.25) is 0 Å². The second kappa shape index (κ2) is 4.91. The average molecular weight is 267 g/mol. The second-order valence-electron chi connectivity index (χ2n) is 5.29. The van der Waals surface area contributed by atoms with Crippen LogP contribution in [0.3, 0.4) is 0 Å². The SMILES string of the molecule is O=C(O)CSc1nncn1CC(C1CC1)C1CC1. The Morgan fingerprint density at radius 1 is 1.44 bits per heavy atom. The minimum atomic E-state index is -0.810. The van der Waals surface area contributed by atoms with E-state index in [-0.39, 0.29) is 5.75 Å². The number of aromatic nitrogens is 3. The van der Waals surface area contributed by atoms with Crippen molar-refractivity contribution in [3.8, 4) is 0 Å². The number of hydrogen-bond donors (Lipinski definition) is 1. The quantitative estimate of drug-likeness (QED) is 0.764. The van der Waals surface area contributed by atoms with E-state index in [9.17, 15) is 4.79 Å². The summed E-state index contributed by atoms with van der Waals surface area (Å²) in [6.45, 7) is 0.963.